The maximum Gasteiger partial charge on any atom is 0.255 e. The summed E-state index contributed by atoms with van der Waals surface area (Å²) in [4.78, 5) is 15.7. The number of nitrogens with two attached hydrogens (primary N) is 1. The summed E-state index contributed by atoms with van der Waals surface area (Å²) >= 11 is 6.24. The number of benzene rings is 2. The zero-order valence-corrected chi connectivity index (χ0v) is 15.7. The first-order chi connectivity index (χ1) is 12.5. The van der Waals surface area contributed by atoms with Gasteiger partial charge in [0.1, 0.15) is 5.75 Å². The second kappa shape index (κ2) is 8.43. The van der Waals surface area contributed by atoms with Gasteiger partial charge in [0.05, 0.1) is 5.02 Å². The summed E-state index contributed by atoms with van der Waals surface area (Å²) in [5, 5.41) is 0.502. The van der Waals surface area contributed by atoms with Crippen LogP contribution in [-0.2, 0) is 11.3 Å². The minimum absolute atomic E-state index is 0.167. The number of hydrogen-bond donors (Lipinski definition) is 1. The number of halogens is 1. The lowest BCUT2D eigenvalue weighted by Gasteiger charge is -2.36. The highest BCUT2D eigenvalue weighted by Crippen LogP contribution is 2.26. The number of rotatable bonds is 6. The smallest absolute Gasteiger partial charge is 0.255 e. The number of ether oxygens (including phenoxy) is 1. The molecule has 6 heteroatoms. The Morgan fingerprint density at radius 3 is 2.58 bits per heavy atom. The van der Waals surface area contributed by atoms with E-state index >= 15 is 0 Å². The van der Waals surface area contributed by atoms with Crippen molar-refractivity contribution in [3.8, 4) is 5.75 Å². The van der Waals surface area contributed by atoms with Crippen LogP contribution in [0.2, 0.25) is 5.02 Å². The summed E-state index contributed by atoms with van der Waals surface area (Å²) in [6.45, 7) is 6.84. The Kier molecular flexibility index (Phi) is 6.01. The van der Waals surface area contributed by atoms with Gasteiger partial charge in [0, 0.05) is 38.4 Å². The fraction of sp³-hybridized carbons (Fsp3) is 0.350. The molecule has 26 heavy (non-hydrogen) atoms. The van der Waals surface area contributed by atoms with Crippen LogP contribution in [-0.4, -0.2) is 43.6 Å². The van der Waals surface area contributed by atoms with Gasteiger partial charge in [-0.05, 0) is 42.3 Å². The van der Waals surface area contributed by atoms with E-state index in [9.17, 15) is 4.79 Å². The summed E-state index contributed by atoms with van der Waals surface area (Å²) in [5.74, 6) is -0.0323. The molecule has 0 aromatic heterocycles. The van der Waals surface area contributed by atoms with Gasteiger partial charge >= 0.3 is 0 Å². The number of primary amides is 1. The second-order valence-electron chi connectivity index (χ2n) is 6.62. The molecule has 0 radical (unpaired) electrons. The second-order valence-corrected chi connectivity index (χ2v) is 7.03. The molecule has 1 fully saturated rings. The molecule has 1 aliphatic heterocycles. The molecule has 1 aliphatic rings. The lowest BCUT2D eigenvalue weighted by atomic mass is 10.1. The first-order valence-electron chi connectivity index (χ1n) is 8.75. The molecule has 2 aromatic rings. The first-order valence-corrected chi connectivity index (χ1v) is 9.12. The highest BCUT2D eigenvalue weighted by molar-refractivity contribution is 6.32. The standard InChI is InChI=1S/C20H24ClN3O2/c1-15-3-2-4-17(11-15)24-9-7-23(8-10-24)13-16-5-6-19(18(21)12-16)26-14-20(22)25/h2-6,11-12H,7-10,13-14H2,1H3,(H2,22,25). The number of amides is 1. The highest BCUT2D eigenvalue weighted by atomic mass is 35.5. The van der Waals surface area contributed by atoms with Gasteiger partial charge in [-0.3, -0.25) is 9.69 Å². The maximum absolute atomic E-state index is 10.8. The van der Waals surface area contributed by atoms with E-state index in [1.165, 1.54) is 11.3 Å². The molecule has 3 rings (SSSR count). The molecule has 5 nitrogen and oxygen atoms in total. The predicted octanol–water partition coefficient (Wildman–Crippen LogP) is 2.83. The van der Waals surface area contributed by atoms with Crippen molar-refractivity contribution in [1.29, 1.82) is 0 Å². The van der Waals surface area contributed by atoms with Crippen LogP contribution in [0.5, 0.6) is 5.75 Å². The number of piperazine rings is 1. The van der Waals surface area contributed by atoms with Crippen LogP contribution in [0.15, 0.2) is 42.5 Å². The van der Waals surface area contributed by atoms with Crippen molar-refractivity contribution in [1.82, 2.24) is 4.90 Å². The van der Waals surface area contributed by atoms with Gasteiger partial charge < -0.3 is 15.4 Å². The van der Waals surface area contributed by atoms with Gasteiger partial charge in [0.2, 0.25) is 0 Å². The normalized spacial score (nSPS) is 15.1. The number of hydrogen-bond acceptors (Lipinski definition) is 4. The lowest BCUT2D eigenvalue weighted by Crippen LogP contribution is -2.45. The van der Waals surface area contributed by atoms with Crippen LogP contribution < -0.4 is 15.4 Å². The average Bonchev–Trinajstić information content (AvgIpc) is 2.61. The number of carbonyl (C=O) groups is 1. The lowest BCUT2D eigenvalue weighted by molar-refractivity contribution is -0.119. The summed E-state index contributed by atoms with van der Waals surface area (Å²) < 4.78 is 5.29. The van der Waals surface area contributed by atoms with Crippen molar-refractivity contribution in [2.75, 3.05) is 37.7 Å². The number of aryl methyl sites for hydroxylation is 1. The molecule has 0 aliphatic carbocycles. The van der Waals surface area contributed by atoms with Crippen LogP contribution in [0.4, 0.5) is 5.69 Å². The fourth-order valence-electron chi connectivity index (χ4n) is 3.16. The molecule has 0 atom stereocenters. The van der Waals surface area contributed by atoms with Crippen LogP contribution in [0.1, 0.15) is 11.1 Å². The van der Waals surface area contributed by atoms with E-state index in [-0.39, 0.29) is 6.61 Å². The topological polar surface area (TPSA) is 58.8 Å². The quantitative estimate of drug-likeness (QED) is 0.845. The Bertz CT molecular complexity index is 773. The van der Waals surface area contributed by atoms with Crippen LogP contribution in [0.25, 0.3) is 0 Å². The van der Waals surface area contributed by atoms with E-state index in [0.717, 1.165) is 38.3 Å². The van der Waals surface area contributed by atoms with E-state index in [4.69, 9.17) is 22.1 Å². The molecule has 0 saturated carbocycles. The van der Waals surface area contributed by atoms with Crippen molar-refractivity contribution in [3.63, 3.8) is 0 Å². The Hall–Kier alpha value is -2.24. The third-order valence-corrected chi connectivity index (χ3v) is 4.81. The van der Waals surface area contributed by atoms with Crippen molar-refractivity contribution < 1.29 is 9.53 Å². The van der Waals surface area contributed by atoms with Crippen molar-refractivity contribution in [3.05, 3.63) is 58.6 Å². The summed E-state index contributed by atoms with van der Waals surface area (Å²) in [7, 11) is 0. The Balaban J connectivity index is 1.54. The molecule has 0 spiro atoms. The SMILES string of the molecule is Cc1cccc(N2CCN(Cc3ccc(OCC(N)=O)c(Cl)c3)CC2)c1. The minimum Gasteiger partial charge on any atom is -0.482 e. The number of carbonyl (C=O) groups excluding carboxylic acids is 1. The van der Waals surface area contributed by atoms with Gasteiger partial charge in [-0.25, -0.2) is 0 Å². The third-order valence-electron chi connectivity index (χ3n) is 4.51. The number of anilines is 1. The fourth-order valence-corrected chi connectivity index (χ4v) is 3.41. The van der Waals surface area contributed by atoms with E-state index < -0.39 is 5.91 Å². The molecule has 2 N–H and O–H groups in total. The summed E-state index contributed by atoms with van der Waals surface area (Å²) in [6.07, 6.45) is 0. The van der Waals surface area contributed by atoms with Gasteiger partial charge in [-0.2, -0.15) is 0 Å². The van der Waals surface area contributed by atoms with Gasteiger partial charge in [-0.15, -0.1) is 0 Å². The van der Waals surface area contributed by atoms with E-state index in [1.54, 1.807) is 6.07 Å². The van der Waals surface area contributed by atoms with Gasteiger partial charge in [-0.1, -0.05) is 29.8 Å². The molecule has 0 unspecified atom stereocenters. The zero-order valence-electron chi connectivity index (χ0n) is 15.0. The average molecular weight is 374 g/mol. The monoisotopic (exact) mass is 373 g/mol. The van der Waals surface area contributed by atoms with E-state index in [0.29, 0.717) is 10.8 Å². The van der Waals surface area contributed by atoms with Gasteiger partial charge in [0.15, 0.2) is 6.61 Å². The Morgan fingerprint density at radius 1 is 1.15 bits per heavy atom. The zero-order chi connectivity index (χ0) is 18.5. The molecule has 1 saturated heterocycles. The molecule has 0 bridgehead atoms. The predicted molar refractivity (Wildman–Crippen MR) is 105 cm³/mol. The van der Waals surface area contributed by atoms with E-state index in [2.05, 4.69) is 41.0 Å². The summed E-state index contributed by atoms with van der Waals surface area (Å²) in [5.41, 5.74) is 8.80. The van der Waals surface area contributed by atoms with Crippen molar-refractivity contribution in [2.24, 2.45) is 5.73 Å². The molecule has 1 heterocycles. The Morgan fingerprint density at radius 2 is 1.92 bits per heavy atom. The van der Waals surface area contributed by atoms with Crippen LogP contribution in [0.3, 0.4) is 0 Å². The molecule has 2 aromatic carbocycles. The highest BCUT2D eigenvalue weighted by Gasteiger charge is 2.18. The number of nitrogens with zero attached hydrogens (tertiary/aromatic N) is 2. The van der Waals surface area contributed by atoms with Crippen LogP contribution >= 0.6 is 11.6 Å². The molecular weight excluding hydrogens is 350 g/mol. The van der Waals surface area contributed by atoms with E-state index in [1.807, 2.05) is 12.1 Å². The minimum atomic E-state index is -0.517. The summed E-state index contributed by atoms with van der Waals surface area (Å²) in [6, 6.07) is 14.3. The largest absolute Gasteiger partial charge is 0.482 e. The molecule has 138 valence electrons. The van der Waals surface area contributed by atoms with Gasteiger partial charge in [0.25, 0.3) is 5.91 Å². The van der Waals surface area contributed by atoms with Crippen molar-refractivity contribution in [2.45, 2.75) is 13.5 Å². The Labute approximate surface area is 159 Å². The van der Waals surface area contributed by atoms with Crippen molar-refractivity contribution >= 4 is 23.2 Å². The molecular formula is C20H24ClN3O2. The maximum atomic E-state index is 10.8. The first kappa shape index (κ1) is 18.5. The van der Waals surface area contributed by atoms with Crippen LogP contribution in [0, 0.1) is 6.92 Å². The molecule has 1 amide bonds. The third kappa shape index (κ3) is 4.90.